The second-order valence-electron chi connectivity index (χ2n) is 10.9. The first-order valence-corrected chi connectivity index (χ1v) is 14.1. The summed E-state index contributed by atoms with van der Waals surface area (Å²) in [6, 6.07) is 13.9. The zero-order chi connectivity index (χ0) is 24.1. The number of hydrogen-bond donors (Lipinski definition) is 1. The van der Waals surface area contributed by atoms with Crippen LogP contribution in [0.5, 0.6) is 0 Å². The zero-order valence-electron chi connectivity index (χ0n) is 19.8. The van der Waals surface area contributed by atoms with Crippen LogP contribution < -0.4 is 5.32 Å². The molecule has 4 aliphatic carbocycles. The van der Waals surface area contributed by atoms with Gasteiger partial charge in [-0.25, -0.2) is 8.42 Å². The van der Waals surface area contributed by atoms with Crippen molar-refractivity contribution in [3.05, 3.63) is 64.7 Å². The number of sulfonamides is 1. The van der Waals surface area contributed by atoms with Crippen molar-refractivity contribution >= 4 is 27.5 Å². The molecule has 0 saturated heterocycles. The summed E-state index contributed by atoms with van der Waals surface area (Å²) in [7, 11) is -2.23. The first-order valence-electron chi connectivity index (χ1n) is 12.3. The van der Waals surface area contributed by atoms with Crippen LogP contribution in [0.2, 0.25) is 5.02 Å². The molecule has 182 valence electrons. The van der Waals surface area contributed by atoms with E-state index in [1.807, 2.05) is 30.3 Å². The molecule has 0 aliphatic heterocycles. The molecule has 7 heteroatoms. The molecule has 1 unspecified atom stereocenters. The molecule has 0 heterocycles. The lowest BCUT2D eigenvalue weighted by molar-refractivity contribution is -0.0688. The zero-order valence-corrected chi connectivity index (χ0v) is 21.4. The third-order valence-electron chi connectivity index (χ3n) is 8.49. The van der Waals surface area contributed by atoms with Gasteiger partial charge in [0.15, 0.2) is 0 Å². The van der Waals surface area contributed by atoms with Crippen molar-refractivity contribution in [3.8, 4) is 0 Å². The van der Waals surface area contributed by atoms with E-state index in [1.165, 1.54) is 61.0 Å². The van der Waals surface area contributed by atoms with Crippen LogP contribution in [0, 0.1) is 23.2 Å². The smallest absolute Gasteiger partial charge is 0.253 e. The van der Waals surface area contributed by atoms with Crippen molar-refractivity contribution in [1.82, 2.24) is 9.62 Å². The first-order chi connectivity index (χ1) is 16.2. The Hall–Kier alpha value is -1.89. The molecule has 4 bridgehead atoms. The summed E-state index contributed by atoms with van der Waals surface area (Å²) in [5.41, 5.74) is 1.27. The van der Waals surface area contributed by atoms with Crippen LogP contribution in [0.4, 0.5) is 0 Å². The molecule has 0 aromatic heterocycles. The molecular weight excluding hydrogens is 468 g/mol. The fraction of sp³-hybridized carbons (Fsp3) is 0.519. The lowest BCUT2D eigenvalue weighted by atomic mass is 9.48. The summed E-state index contributed by atoms with van der Waals surface area (Å²) in [6.45, 7) is 2.36. The molecule has 1 N–H and O–H groups in total. The van der Waals surface area contributed by atoms with E-state index in [1.54, 1.807) is 7.05 Å². The van der Waals surface area contributed by atoms with E-state index in [0.717, 1.165) is 23.3 Å². The van der Waals surface area contributed by atoms with Gasteiger partial charge in [0.2, 0.25) is 10.0 Å². The fourth-order valence-corrected chi connectivity index (χ4v) is 8.47. The molecule has 4 aliphatic rings. The highest BCUT2D eigenvalue weighted by molar-refractivity contribution is 7.89. The highest BCUT2D eigenvalue weighted by atomic mass is 35.5. The molecule has 4 saturated carbocycles. The van der Waals surface area contributed by atoms with Crippen LogP contribution >= 0.6 is 11.6 Å². The second-order valence-corrected chi connectivity index (χ2v) is 13.3. The Morgan fingerprint density at radius 3 is 2.24 bits per heavy atom. The van der Waals surface area contributed by atoms with Crippen molar-refractivity contribution in [3.63, 3.8) is 0 Å². The minimum atomic E-state index is -3.78. The van der Waals surface area contributed by atoms with Gasteiger partial charge < -0.3 is 5.32 Å². The number of rotatable bonds is 7. The number of halogens is 1. The lowest BCUT2D eigenvalue weighted by Gasteiger charge is -2.59. The van der Waals surface area contributed by atoms with Crippen molar-refractivity contribution < 1.29 is 13.2 Å². The van der Waals surface area contributed by atoms with Gasteiger partial charge in [0.1, 0.15) is 0 Å². The summed E-state index contributed by atoms with van der Waals surface area (Å²) >= 11 is 6.38. The quantitative estimate of drug-likeness (QED) is 0.546. The SMILES string of the molecule is CC(NC(=O)c1cc(S(=O)(=O)N(C)Cc2ccccc2)ccc1Cl)C12CC3CC(CC(C3)C1)C2. The van der Waals surface area contributed by atoms with E-state index in [4.69, 9.17) is 11.6 Å². The van der Waals surface area contributed by atoms with Crippen LogP contribution in [0.3, 0.4) is 0 Å². The van der Waals surface area contributed by atoms with E-state index < -0.39 is 10.0 Å². The van der Waals surface area contributed by atoms with E-state index in [0.29, 0.717) is 0 Å². The number of amides is 1. The molecule has 2 aromatic carbocycles. The summed E-state index contributed by atoms with van der Waals surface area (Å²) in [5, 5.41) is 3.47. The minimum absolute atomic E-state index is 0.0329. The first kappa shape index (κ1) is 23.8. The Kier molecular flexibility index (Phi) is 6.28. The largest absolute Gasteiger partial charge is 0.349 e. The predicted molar refractivity (Wildman–Crippen MR) is 134 cm³/mol. The Bertz CT molecular complexity index is 1150. The molecule has 1 atom stereocenters. The van der Waals surface area contributed by atoms with Crippen LogP contribution in [-0.4, -0.2) is 31.7 Å². The minimum Gasteiger partial charge on any atom is -0.349 e. The monoisotopic (exact) mass is 500 g/mol. The maximum atomic E-state index is 13.3. The maximum absolute atomic E-state index is 13.3. The van der Waals surface area contributed by atoms with Gasteiger partial charge in [-0.3, -0.25) is 4.79 Å². The van der Waals surface area contributed by atoms with Gasteiger partial charge in [0, 0.05) is 19.6 Å². The summed E-state index contributed by atoms with van der Waals surface area (Å²) in [5.74, 6) is 2.09. The highest BCUT2D eigenvalue weighted by Crippen LogP contribution is 2.61. The van der Waals surface area contributed by atoms with Crippen LogP contribution in [0.15, 0.2) is 53.4 Å². The summed E-state index contributed by atoms with van der Waals surface area (Å²) < 4.78 is 27.7. The fourth-order valence-electron chi connectivity index (χ4n) is 7.08. The van der Waals surface area contributed by atoms with Crippen molar-refractivity contribution in [2.24, 2.45) is 23.2 Å². The van der Waals surface area contributed by atoms with Crippen LogP contribution in [0.1, 0.15) is 61.4 Å². The second kappa shape index (κ2) is 8.96. The van der Waals surface area contributed by atoms with E-state index >= 15 is 0 Å². The molecule has 0 radical (unpaired) electrons. The molecule has 4 fully saturated rings. The van der Waals surface area contributed by atoms with Crippen molar-refractivity contribution in [1.29, 1.82) is 0 Å². The van der Waals surface area contributed by atoms with Crippen molar-refractivity contribution in [2.45, 2.75) is 62.9 Å². The van der Waals surface area contributed by atoms with Crippen LogP contribution in [0.25, 0.3) is 0 Å². The van der Waals surface area contributed by atoms with Crippen LogP contribution in [-0.2, 0) is 16.6 Å². The van der Waals surface area contributed by atoms with Gasteiger partial charge in [0.25, 0.3) is 5.91 Å². The number of hydrogen-bond acceptors (Lipinski definition) is 3. The van der Waals surface area contributed by atoms with Crippen molar-refractivity contribution in [2.75, 3.05) is 7.05 Å². The average molecular weight is 501 g/mol. The van der Waals surface area contributed by atoms with E-state index in [9.17, 15) is 13.2 Å². The molecule has 2 aromatic rings. The summed E-state index contributed by atoms with van der Waals surface area (Å²) in [4.78, 5) is 13.4. The number of carbonyl (C=O) groups is 1. The number of nitrogens with zero attached hydrogens (tertiary/aromatic N) is 1. The normalized spacial score (nSPS) is 28.8. The third kappa shape index (κ3) is 4.40. The van der Waals surface area contributed by atoms with Gasteiger partial charge in [-0.05, 0) is 92.4 Å². The standard InChI is InChI=1S/C27H33ClN2O3S/c1-18(27-14-20-10-21(15-27)12-22(11-20)16-27)29-26(31)24-13-23(8-9-25(24)28)34(32,33)30(2)17-19-6-4-3-5-7-19/h3-9,13,18,20-22H,10-12,14-17H2,1-2H3,(H,29,31). The predicted octanol–water partition coefficient (Wildman–Crippen LogP) is 5.50. The molecular formula is C27H33ClN2O3S. The molecule has 6 rings (SSSR count). The summed E-state index contributed by atoms with van der Waals surface area (Å²) in [6.07, 6.45) is 7.61. The van der Waals surface area contributed by atoms with E-state index in [-0.39, 0.29) is 39.4 Å². The van der Waals surface area contributed by atoms with Gasteiger partial charge in [0.05, 0.1) is 15.5 Å². The highest BCUT2D eigenvalue weighted by Gasteiger charge is 2.53. The topological polar surface area (TPSA) is 66.5 Å². The van der Waals surface area contributed by atoms with E-state index in [2.05, 4.69) is 12.2 Å². The average Bonchev–Trinajstić information content (AvgIpc) is 2.79. The molecule has 34 heavy (non-hydrogen) atoms. The lowest BCUT2D eigenvalue weighted by Crippen LogP contribution is -2.55. The maximum Gasteiger partial charge on any atom is 0.253 e. The molecule has 5 nitrogen and oxygen atoms in total. The Labute approximate surface area is 207 Å². The Morgan fingerprint density at radius 1 is 1.06 bits per heavy atom. The Balaban J connectivity index is 1.34. The number of nitrogens with one attached hydrogen (secondary N) is 1. The van der Waals surface area contributed by atoms with Gasteiger partial charge in [-0.15, -0.1) is 0 Å². The van der Waals surface area contributed by atoms with Gasteiger partial charge in [-0.1, -0.05) is 41.9 Å². The molecule has 0 spiro atoms. The van der Waals surface area contributed by atoms with Gasteiger partial charge >= 0.3 is 0 Å². The number of carbonyl (C=O) groups excluding carboxylic acids is 1. The molecule has 1 amide bonds. The number of benzene rings is 2. The van der Waals surface area contributed by atoms with Gasteiger partial charge in [-0.2, -0.15) is 4.31 Å². The Morgan fingerprint density at radius 2 is 1.65 bits per heavy atom. The third-order valence-corrected chi connectivity index (χ3v) is 10.6.